The number of carbonyl (C=O) groups excluding carboxylic acids is 1. The number of benzene rings is 3. The third-order valence-corrected chi connectivity index (χ3v) is 8.71. The number of hydrogen-bond acceptors (Lipinski definition) is 3. The first-order chi connectivity index (χ1) is 15.8. The van der Waals surface area contributed by atoms with Crippen molar-refractivity contribution in [1.82, 2.24) is 4.31 Å². The van der Waals surface area contributed by atoms with E-state index in [9.17, 15) is 13.2 Å². The molecule has 0 aromatic heterocycles. The highest BCUT2D eigenvalue weighted by Gasteiger charge is 2.33. The van der Waals surface area contributed by atoms with E-state index in [1.54, 1.807) is 12.1 Å². The second-order valence-corrected chi connectivity index (χ2v) is 11.4. The van der Waals surface area contributed by atoms with Crippen molar-refractivity contribution in [2.24, 2.45) is 5.92 Å². The van der Waals surface area contributed by atoms with E-state index in [1.807, 2.05) is 42.5 Å². The van der Waals surface area contributed by atoms with Gasteiger partial charge >= 0.3 is 0 Å². The van der Waals surface area contributed by atoms with Gasteiger partial charge in [0.2, 0.25) is 15.9 Å². The van der Waals surface area contributed by atoms with Gasteiger partial charge in [-0.2, -0.15) is 4.31 Å². The maximum absolute atomic E-state index is 13.4. The van der Waals surface area contributed by atoms with Crippen molar-refractivity contribution in [3.63, 3.8) is 0 Å². The van der Waals surface area contributed by atoms with Crippen molar-refractivity contribution in [3.8, 4) is 0 Å². The summed E-state index contributed by atoms with van der Waals surface area (Å²) in [6.45, 7) is 4.75. The van der Waals surface area contributed by atoms with Gasteiger partial charge in [0.25, 0.3) is 0 Å². The zero-order valence-corrected chi connectivity index (χ0v) is 21.4. The van der Waals surface area contributed by atoms with E-state index in [-0.39, 0.29) is 23.3 Å². The number of amides is 1. The molecule has 3 aromatic rings. The van der Waals surface area contributed by atoms with E-state index in [2.05, 4.69) is 35.1 Å². The number of rotatable bonds is 6. The molecular formula is C26H29BrN2O3S. The number of sulfonamides is 1. The molecule has 1 unspecified atom stereocenters. The Morgan fingerprint density at radius 3 is 2.36 bits per heavy atom. The van der Waals surface area contributed by atoms with Crippen LogP contribution in [0.2, 0.25) is 0 Å². The molecule has 0 saturated carbocycles. The van der Waals surface area contributed by atoms with Crippen LogP contribution in [-0.4, -0.2) is 31.7 Å². The van der Waals surface area contributed by atoms with Crippen molar-refractivity contribution in [3.05, 3.63) is 70.2 Å². The normalized spacial score (nSPS) is 17.2. The fourth-order valence-corrected chi connectivity index (χ4v) is 6.63. The zero-order valence-electron chi connectivity index (χ0n) is 19.0. The molecule has 5 nitrogen and oxygen atoms in total. The predicted octanol–water partition coefficient (Wildman–Crippen LogP) is 5.77. The van der Waals surface area contributed by atoms with Gasteiger partial charge in [0.1, 0.15) is 0 Å². The highest BCUT2D eigenvalue weighted by molar-refractivity contribution is 9.10. The minimum absolute atomic E-state index is 0.111. The van der Waals surface area contributed by atoms with Gasteiger partial charge < -0.3 is 5.32 Å². The SMILES string of the molecule is CCc1cc(Br)cc(CC)c1NC(=O)C1CCCN(S(=O)(=O)c2ccc3ccccc3c2)C1. The molecule has 0 bridgehead atoms. The average molecular weight is 530 g/mol. The second kappa shape index (κ2) is 9.95. The van der Waals surface area contributed by atoms with Crippen molar-refractivity contribution in [1.29, 1.82) is 0 Å². The van der Waals surface area contributed by atoms with Crippen LogP contribution < -0.4 is 5.32 Å². The number of carbonyl (C=O) groups is 1. The Morgan fingerprint density at radius 1 is 1.03 bits per heavy atom. The highest BCUT2D eigenvalue weighted by atomic mass is 79.9. The lowest BCUT2D eigenvalue weighted by molar-refractivity contribution is -0.120. The fraction of sp³-hybridized carbons (Fsp3) is 0.346. The molecule has 4 rings (SSSR count). The Hall–Kier alpha value is -2.22. The number of fused-ring (bicyclic) bond motifs is 1. The van der Waals surface area contributed by atoms with Crippen LogP contribution in [0.3, 0.4) is 0 Å². The molecule has 174 valence electrons. The molecule has 3 aromatic carbocycles. The van der Waals surface area contributed by atoms with E-state index >= 15 is 0 Å². The first-order valence-corrected chi connectivity index (χ1v) is 13.7. The van der Waals surface area contributed by atoms with Crippen molar-refractivity contribution in [2.45, 2.75) is 44.4 Å². The van der Waals surface area contributed by atoms with Crippen molar-refractivity contribution >= 4 is 48.3 Å². The lowest BCUT2D eigenvalue weighted by atomic mass is 9.97. The standard InChI is InChI=1S/C26H29BrN2O3S/c1-3-18-14-23(27)15-19(4-2)25(18)28-26(30)22-10-7-13-29(17-22)33(31,32)24-12-11-20-8-5-6-9-21(20)16-24/h5-6,8-9,11-12,14-16,22H,3-4,7,10,13,17H2,1-2H3,(H,28,30). The molecule has 1 fully saturated rings. The Bertz CT molecular complexity index is 1260. The summed E-state index contributed by atoms with van der Waals surface area (Å²) in [5.41, 5.74) is 3.01. The number of nitrogens with one attached hydrogen (secondary N) is 1. The fourth-order valence-electron chi connectivity index (χ4n) is 4.52. The summed E-state index contributed by atoms with van der Waals surface area (Å²) in [7, 11) is -3.68. The van der Waals surface area contributed by atoms with Crippen LogP contribution in [0, 0.1) is 5.92 Å². The third kappa shape index (κ3) is 5.00. The smallest absolute Gasteiger partial charge is 0.243 e. The van der Waals surface area contributed by atoms with Crippen LogP contribution in [0.15, 0.2) is 64.0 Å². The van der Waals surface area contributed by atoms with E-state index in [1.165, 1.54) is 4.31 Å². The molecule has 0 radical (unpaired) electrons. The number of halogens is 1. The molecule has 33 heavy (non-hydrogen) atoms. The van der Waals surface area contributed by atoms with Gasteiger partial charge in [-0.05, 0) is 71.8 Å². The molecule has 1 saturated heterocycles. The number of nitrogens with zero attached hydrogens (tertiary/aromatic N) is 1. The molecular weight excluding hydrogens is 500 g/mol. The van der Waals surface area contributed by atoms with Crippen LogP contribution in [0.4, 0.5) is 5.69 Å². The van der Waals surface area contributed by atoms with E-state index in [0.29, 0.717) is 19.4 Å². The Morgan fingerprint density at radius 2 is 1.70 bits per heavy atom. The summed E-state index contributed by atoms with van der Waals surface area (Å²) in [6, 6.07) is 17.0. The van der Waals surface area contributed by atoms with E-state index in [4.69, 9.17) is 0 Å². The van der Waals surface area contributed by atoms with Crippen LogP contribution >= 0.6 is 15.9 Å². The topological polar surface area (TPSA) is 66.5 Å². The molecule has 1 aliphatic heterocycles. The summed E-state index contributed by atoms with van der Waals surface area (Å²) < 4.78 is 29.2. The van der Waals surface area contributed by atoms with Crippen LogP contribution in [0.1, 0.15) is 37.8 Å². The van der Waals surface area contributed by atoms with Gasteiger partial charge in [-0.25, -0.2) is 8.42 Å². The molecule has 0 aliphatic carbocycles. The first-order valence-electron chi connectivity index (χ1n) is 11.4. The van der Waals surface area contributed by atoms with Gasteiger partial charge in [0.05, 0.1) is 10.8 Å². The first kappa shape index (κ1) is 23.9. The molecule has 1 N–H and O–H groups in total. The maximum atomic E-state index is 13.4. The summed E-state index contributed by atoms with van der Waals surface area (Å²) >= 11 is 3.55. The quantitative estimate of drug-likeness (QED) is 0.441. The number of hydrogen-bond donors (Lipinski definition) is 1. The van der Waals surface area contributed by atoms with Gasteiger partial charge in [-0.15, -0.1) is 0 Å². The minimum Gasteiger partial charge on any atom is -0.325 e. The summed E-state index contributed by atoms with van der Waals surface area (Å²) in [4.78, 5) is 13.5. The number of anilines is 1. The van der Waals surface area contributed by atoms with Crippen molar-refractivity contribution in [2.75, 3.05) is 18.4 Å². The minimum atomic E-state index is -3.68. The molecule has 1 atom stereocenters. The Kier molecular flexibility index (Phi) is 7.22. The summed E-state index contributed by atoms with van der Waals surface area (Å²) in [5.74, 6) is -0.493. The summed E-state index contributed by atoms with van der Waals surface area (Å²) in [6.07, 6.45) is 2.94. The number of piperidine rings is 1. The average Bonchev–Trinajstić information content (AvgIpc) is 2.84. The van der Waals surface area contributed by atoms with Crippen LogP contribution in [0.5, 0.6) is 0 Å². The molecule has 1 amide bonds. The largest absolute Gasteiger partial charge is 0.325 e. The third-order valence-electron chi connectivity index (χ3n) is 6.39. The molecule has 1 heterocycles. The van der Waals surface area contributed by atoms with Crippen molar-refractivity contribution < 1.29 is 13.2 Å². The van der Waals surface area contributed by atoms with Crippen LogP contribution in [0.25, 0.3) is 10.8 Å². The second-order valence-electron chi connectivity index (χ2n) is 8.51. The van der Waals surface area contributed by atoms with Gasteiger partial charge in [-0.1, -0.05) is 60.1 Å². The zero-order chi connectivity index (χ0) is 23.6. The maximum Gasteiger partial charge on any atom is 0.243 e. The van der Waals surface area contributed by atoms with E-state index < -0.39 is 10.0 Å². The molecule has 7 heteroatoms. The highest BCUT2D eigenvalue weighted by Crippen LogP contribution is 2.30. The Labute approximate surface area is 204 Å². The van der Waals surface area contributed by atoms with Crippen LogP contribution in [-0.2, 0) is 27.7 Å². The summed E-state index contributed by atoms with van der Waals surface area (Å²) in [5, 5.41) is 5.02. The van der Waals surface area contributed by atoms with Gasteiger partial charge in [-0.3, -0.25) is 4.79 Å². The number of aryl methyl sites for hydroxylation is 2. The lowest BCUT2D eigenvalue weighted by Crippen LogP contribution is -2.43. The molecule has 0 spiro atoms. The van der Waals surface area contributed by atoms with Gasteiger partial charge in [0.15, 0.2) is 0 Å². The predicted molar refractivity (Wildman–Crippen MR) is 137 cm³/mol. The lowest BCUT2D eigenvalue weighted by Gasteiger charge is -2.31. The van der Waals surface area contributed by atoms with E-state index in [0.717, 1.165) is 44.9 Å². The Balaban J connectivity index is 1.55. The monoisotopic (exact) mass is 528 g/mol. The van der Waals surface area contributed by atoms with Gasteiger partial charge in [0, 0.05) is 23.2 Å². The molecule has 1 aliphatic rings.